The molecule has 0 saturated heterocycles. The molecule has 3 rings (SSSR count). The molecule has 0 nitrogen and oxygen atoms in total. The summed E-state index contributed by atoms with van der Waals surface area (Å²) in [5, 5.41) is 0. The molecule has 0 unspecified atom stereocenters. The van der Waals surface area contributed by atoms with Crippen LogP contribution in [0.3, 0.4) is 0 Å². The van der Waals surface area contributed by atoms with Gasteiger partial charge in [-0.25, -0.2) is 0 Å². The fourth-order valence-electron chi connectivity index (χ4n) is 3.90. The Bertz CT molecular complexity index is 744. The van der Waals surface area contributed by atoms with E-state index in [2.05, 4.69) is 49.6 Å². The molecule has 2 aromatic rings. The molecule has 0 spiro atoms. The van der Waals surface area contributed by atoms with Crippen molar-refractivity contribution in [3.63, 3.8) is 0 Å². The second kappa shape index (κ2) is 9.44. The van der Waals surface area contributed by atoms with Crippen LogP contribution < -0.4 is 0 Å². The number of rotatable bonds is 5. The van der Waals surface area contributed by atoms with Crippen LogP contribution in [0.1, 0.15) is 67.7 Å². The first-order valence-corrected chi connectivity index (χ1v) is 10.1. The van der Waals surface area contributed by atoms with Crippen molar-refractivity contribution in [3.8, 4) is 11.8 Å². The average Bonchev–Trinajstić information content (AvgIpc) is 2.72. The number of hydrogen-bond donors (Lipinski definition) is 0. The molecule has 0 bridgehead atoms. The monoisotopic (exact) mass is 342 g/mol. The van der Waals surface area contributed by atoms with E-state index in [1.807, 2.05) is 30.3 Å². The van der Waals surface area contributed by atoms with Crippen LogP contribution in [0, 0.1) is 23.7 Å². The topological polar surface area (TPSA) is 0 Å². The first-order valence-electron chi connectivity index (χ1n) is 10.1. The summed E-state index contributed by atoms with van der Waals surface area (Å²) in [4.78, 5) is 0. The Balaban J connectivity index is 1.50. The minimum atomic E-state index is 0.941. The summed E-state index contributed by atoms with van der Waals surface area (Å²) in [5.41, 5.74) is 4.71. The van der Waals surface area contributed by atoms with Crippen molar-refractivity contribution >= 4 is 6.08 Å². The lowest BCUT2D eigenvalue weighted by Crippen LogP contribution is -2.14. The van der Waals surface area contributed by atoms with Gasteiger partial charge < -0.3 is 0 Å². The normalized spacial score (nSPS) is 19.4. The molecular formula is C26H30. The molecule has 0 radical (unpaired) electrons. The lowest BCUT2D eigenvalue weighted by Gasteiger charge is -2.27. The maximum absolute atomic E-state index is 3.78. The van der Waals surface area contributed by atoms with E-state index in [0.29, 0.717) is 0 Å². The molecule has 0 amide bonds. The summed E-state index contributed by atoms with van der Waals surface area (Å²) in [6.07, 6.45) is 11.5. The Kier molecular flexibility index (Phi) is 6.73. The van der Waals surface area contributed by atoms with Gasteiger partial charge in [0.15, 0.2) is 0 Å². The lowest BCUT2D eigenvalue weighted by molar-refractivity contribution is 0.259. The van der Waals surface area contributed by atoms with Gasteiger partial charge >= 0.3 is 0 Å². The Morgan fingerprint density at radius 1 is 0.846 bits per heavy atom. The van der Waals surface area contributed by atoms with Crippen LogP contribution in [0.5, 0.6) is 0 Å². The number of hydrogen-bond acceptors (Lipinski definition) is 0. The summed E-state index contributed by atoms with van der Waals surface area (Å²) in [5.74, 6) is 8.45. The molecule has 134 valence electrons. The van der Waals surface area contributed by atoms with E-state index in [-0.39, 0.29) is 0 Å². The Morgan fingerprint density at radius 3 is 1.92 bits per heavy atom. The zero-order valence-corrected chi connectivity index (χ0v) is 16.0. The van der Waals surface area contributed by atoms with Crippen molar-refractivity contribution in [1.29, 1.82) is 0 Å². The quantitative estimate of drug-likeness (QED) is 0.520. The summed E-state index contributed by atoms with van der Waals surface area (Å²) < 4.78 is 0. The third-order valence-corrected chi connectivity index (χ3v) is 5.84. The number of benzene rings is 2. The summed E-state index contributed by atoms with van der Waals surface area (Å²) >= 11 is 0. The Hall–Kier alpha value is -2.26. The first kappa shape index (κ1) is 18.5. The summed E-state index contributed by atoms with van der Waals surface area (Å²) in [6.45, 7) is 6.12. The molecule has 0 heteroatoms. The van der Waals surface area contributed by atoms with Gasteiger partial charge in [0.1, 0.15) is 0 Å². The minimum Gasteiger partial charge on any atom is -0.0985 e. The highest BCUT2D eigenvalue weighted by Gasteiger charge is 2.19. The Labute approximate surface area is 159 Å². The largest absolute Gasteiger partial charge is 0.0985 e. The van der Waals surface area contributed by atoms with E-state index < -0.39 is 0 Å². The molecule has 0 heterocycles. The molecule has 1 fully saturated rings. The average molecular weight is 343 g/mol. The van der Waals surface area contributed by atoms with Gasteiger partial charge in [-0.15, -0.1) is 0 Å². The van der Waals surface area contributed by atoms with E-state index in [9.17, 15) is 0 Å². The molecule has 0 aromatic heterocycles. The first-order chi connectivity index (χ1) is 12.8. The maximum atomic E-state index is 3.78. The highest BCUT2D eigenvalue weighted by molar-refractivity contribution is 5.50. The van der Waals surface area contributed by atoms with Crippen LogP contribution in [-0.4, -0.2) is 0 Å². The lowest BCUT2D eigenvalue weighted by atomic mass is 9.78. The molecule has 0 N–H and O–H groups in total. The van der Waals surface area contributed by atoms with Crippen LogP contribution in [-0.2, 0) is 6.42 Å². The summed E-state index contributed by atoms with van der Waals surface area (Å²) in [6, 6.07) is 17.0. The molecule has 1 aliphatic rings. The van der Waals surface area contributed by atoms with Gasteiger partial charge in [-0.3, -0.25) is 0 Å². The van der Waals surface area contributed by atoms with E-state index >= 15 is 0 Å². The van der Waals surface area contributed by atoms with Gasteiger partial charge in [0.25, 0.3) is 0 Å². The van der Waals surface area contributed by atoms with Crippen molar-refractivity contribution in [2.45, 2.75) is 51.9 Å². The molecular weight excluding hydrogens is 312 g/mol. The second-order valence-electron chi connectivity index (χ2n) is 7.61. The standard InChI is InChI=1S/C26H30/c1-3-21-5-9-23(10-6-21)13-15-25-17-19-26(20-18-25)16-14-24-11-7-22(4-2)8-12-24/h3,5-6,9-10,17-20,22,24H,1,4,7-8,11-12,14,16H2,2H3. The fraction of sp³-hybridized carbons (Fsp3) is 0.385. The molecule has 2 aromatic carbocycles. The van der Waals surface area contributed by atoms with Crippen LogP contribution in [0.4, 0.5) is 0 Å². The second-order valence-corrected chi connectivity index (χ2v) is 7.61. The zero-order chi connectivity index (χ0) is 18.2. The van der Waals surface area contributed by atoms with Crippen molar-refractivity contribution in [1.82, 2.24) is 0 Å². The maximum Gasteiger partial charge on any atom is 0.0249 e. The van der Waals surface area contributed by atoms with Gasteiger partial charge in [-0.05, 0) is 60.1 Å². The third kappa shape index (κ3) is 5.37. The smallest absolute Gasteiger partial charge is 0.0249 e. The van der Waals surface area contributed by atoms with Crippen molar-refractivity contribution in [3.05, 3.63) is 77.4 Å². The molecule has 26 heavy (non-hydrogen) atoms. The SMILES string of the molecule is C=Cc1ccc(C#Cc2ccc(CCC3CCC(CC)CC3)cc2)cc1. The fourth-order valence-corrected chi connectivity index (χ4v) is 3.90. The highest BCUT2D eigenvalue weighted by atomic mass is 14.2. The van der Waals surface area contributed by atoms with Crippen LogP contribution in [0.15, 0.2) is 55.1 Å². The number of aryl methyl sites for hydroxylation is 1. The molecule has 0 aliphatic heterocycles. The molecule has 0 atom stereocenters. The van der Waals surface area contributed by atoms with E-state index in [0.717, 1.165) is 28.5 Å². The van der Waals surface area contributed by atoms with Crippen molar-refractivity contribution in [2.75, 3.05) is 0 Å². The van der Waals surface area contributed by atoms with Crippen LogP contribution in [0.2, 0.25) is 0 Å². The van der Waals surface area contributed by atoms with E-state index in [1.54, 1.807) is 0 Å². The Morgan fingerprint density at radius 2 is 1.38 bits per heavy atom. The predicted molar refractivity (Wildman–Crippen MR) is 113 cm³/mol. The van der Waals surface area contributed by atoms with Gasteiger partial charge in [0.2, 0.25) is 0 Å². The van der Waals surface area contributed by atoms with Crippen LogP contribution in [0.25, 0.3) is 6.08 Å². The van der Waals surface area contributed by atoms with Gasteiger partial charge in [0, 0.05) is 11.1 Å². The van der Waals surface area contributed by atoms with Crippen LogP contribution >= 0.6 is 0 Å². The van der Waals surface area contributed by atoms with Crippen molar-refractivity contribution in [2.24, 2.45) is 11.8 Å². The van der Waals surface area contributed by atoms with Gasteiger partial charge in [-0.2, -0.15) is 0 Å². The zero-order valence-electron chi connectivity index (χ0n) is 16.0. The highest BCUT2D eigenvalue weighted by Crippen LogP contribution is 2.33. The minimum absolute atomic E-state index is 0.941. The van der Waals surface area contributed by atoms with E-state index in [4.69, 9.17) is 0 Å². The molecule has 1 saturated carbocycles. The molecule has 1 aliphatic carbocycles. The predicted octanol–water partition coefficient (Wildman–Crippen LogP) is 6.88. The third-order valence-electron chi connectivity index (χ3n) is 5.84. The van der Waals surface area contributed by atoms with Gasteiger partial charge in [0.05, 0.1) is 0 Å². The van der Waals surface area contributed by atoms with Crippen molar-refractivity contribution < 1.29 is 0 Å². The van der Waals surface area contributed by atoms with E-state index in [1.165, 1.54) is 50.5 Å². The van der Waals surface area contributed by atoms with Gasteiger partial charge in [-0.1, -0.05) is 87.8 Å². The summed E-state index contributed by atoms with van der Waals surface area (Å²) in [7, 11) is 0.